The average Bonchev–Trinajstić information content (AvgIpc) is 2.27. The zero-order valence-corrected chi connectivity index (χ0v) is 9.93. The fraction of sp³-hybridized carbons (Fsp3) is 0.250. The van der Waals surface area contributed by atoms with E-state index in [1.54, 1.807) is 31.2 Å². The van der Waals surface area contributed by atoms with E-state index < -0.39 is 17.6 Å². The van der Waals surface area contributed by atoms with Gasteiger partial charge in [0.25, 0.3) is 6.08 Å². The lowest BCUT2D eigenvalue weighted by Crippen LogP contribution is -2.11. The van der Waals surface area contributed by atoms with Crippen LogP contribution in [0.2, 0.25) is 5.02 Å². The molecule has 1 aromatic carbocycles. The molecular formula is C12H11ClF2O2. The molecule has 0 aliphatic heterocycles. The molecule has 92 valence electrons. The first-order valence-corrected chi connectivity index (χ1v) is 5.38. The number of carbonyl (C=O) groups excluding carboxylic acids is 1. The van der Waals surface area contributed by atoms with Crippen molar-refractivity contribution >= 4 is 17.6 Å². The van der Waals surface area contributed by atoms with Crippen molar-refractivity contribution in [3.8, 4) is 0 Å². The average molecular weight is 261 g/mol. The monoisotopic (exact) mass is 260 g/mol. The first-order valence-electron chi connectivity index (χ1n) is 5.01. The van der Waals surface area contributed by atoms with E-state index >= 15 is 0 Å². The van der Waals surface area contributed by atoms with Gasteiger partial charge in [0.05, 0.1) is 6.61 Å². The third-order valence-electron chi connectivity index (χ3n) is 2.08. The highest BCUT2D eigenvalue weighted by Crippen LogP contribution is 2.22. The van der Waals surface area contributed by atoms with E-state index in [2.05, 4.69) is 4.74 Å². The SMILES string of the molecule is CCOC(=O)C(Cc1ccccc1Cl)=C(F)F. The van der Waals surface area contributed by atoms with Crippen LogP contribution < -0.4 is 0 Å². The Kier molecular flexibility index (Phi) is 5.10. The Morgan fingerprint density at radius 3 is 2.53 bits per heavy atom. The minimum atomic E-state index is -2.04. The number of halogens is 3. The van der Waals surface area contributed by atoms with Crippen molar-refractivity contribution in [3.05, 3.63) is 46.5 Å². The van der Waals surface area contributed by atoms with Gasteiger partial charge in [-0.05, 0) is 18.6 Å². The van der Waals surface area contributed by atoms with Gasteiger partial charge >= 0.3 is 5.97 Å². The minimum absolute atomic E-state index is 0.0537. The predicted molar refractivity (Wildman–Crippen MR) is 61.0 cm³/mol. The summed E-state index contributed by atoms with van der Waals surface area (Å²) in [7, 11) is 0. The van der Waals surface area contributed by atoms with E-state index in [1.807, 2.05) is 0 Å². The highest BCUT2D eigenvalue weighted by molar-refractivity contribution is 6.31. The number of carbonyl (C=O) groups is 1. The lowest BCUT2D eigenvalue weighted by Gasteiger charge is -2.07. The standard InChI is InChI=1S/C12H11ClF2O2/c1-2-17-12(16)9(11(14)15)7-8-5-3-4-6-10(8)13/h3-6H,2,7H2,1H3. The number of esters is 1. The molecule has 0 amide bonds. The van der Waals surface area contributed by atoms with Crippen molar-refractivity contribution in [1.29, 1.82) is 0 Å². The maximum atomic E-state index is 12.6. The second-order valence-corrected chi connectivity index (χ2v) is 3.63. The van der Waals surface area contributed by atoms with Crippen LogP contribution in [0.3, 0.4) is 0 Å². The van der Waals surface area contributed by atoms with Crippen molar-refractivity contribution in [2.45, 2.75) is 13.3 Å². The first kappa shape index (κ1) is 13.6. The van der Waals surface area contributed by atoms with E-state index in [-0.39, 0.29) is 13.0 Å². The van der Waals surface area contributed by atoms with Crippen molar-refractivity contribution in [2.75, 3.05) is 6.61 Å². The smallest absolute Gasteiger partial charge is 0.339 e. The van der Waals surface area contributed by atoms with Crippen LogP contribution in [-0.2, 0) is 16.0 Å². The molecule has 2 nitrogen and oxygen atoms in total. The Hall–Kier alpha value is -1.42. The molecule has 5 heteroatoms. The van der Waals surface area contributed by atoms with Gasteiger partial charge in [0.1, 0.15) is 5.57 Å². The second kappa shape index (κ2) is 6.35. The van der Waals surface area contributed by atoms with Crippen molar-refractivity contribution < 1.29 is 18.3 Å². The topological polar surface area (TPSA) is 26.3 Å². The maximum Gasteiger partial charge on any atom is 0.339 e. The zero-order chi connectivity index (χ0) is 12.8. The molecule has 0 bridgehead atoms. The van der Waals surface area contributed by atoms with Gasteiger partial charge < -0.3 is 4.74 Å². The van der Waals surface area contributed by atoms with E-state index in [9.17, 15) is 13.6 Å². The molecule has 0 aliphatic rings. The lowest BCUT2D eigenvalue weighted by molar-refractivity contribution is -0.138. The van der Waals surface area contributed by atoms with Gasteiger partial charge in [-0.2, -0.15) is 8.78 Å². The van der Waals surface area contributed by atoms with Crippen LogP contribution in [0, 0.1) is 0 Å². The summed E-state index contributed by atoms with van der Waals surface area (Å²) in [4.78, 5) is 11.3. The van der Waals surface area contributed by atoms with Gasteiger partial charge in [0.2, 0.25) is 0 Å². The van der Waals surface area contributed by atoms with Crippen LogP contribution in [0.1, 0.15) is 12.5 Å². The summed E-state index contributed by atoms with van der Waals surface area (Å²) in [5.41, 5.74) is -0.190. The second-order valence-electron chi connectivity index (χ2n) is 3.23. The molecule has 1 aromatic rings. The number of hydrogen-bond acceptors (Lipinski definition) is 2. The summed E-state index contributed by atoms with van der Waals surface area (Å²) in [6.45, 7) is 1.61. The molecule has 0 aliphatic carbocycles. The maximum absolute atomic E-state index is 12.6. The van der Waals surface area contributed by atoms with Crippen molar-refractivity contribution in [2.24, 2.45) is 0 Å². The van der Waals surface area contributed by atoms with E-state index in [0.717, 1.165) is 0 Å². The molecule has 1 rings (SSSR count). The third-order valence-corrected chi connectivity index (χ3v) is 2.44. The summed E-state index contributed by atoms with van der Waals surface area (Å²) in [6.07, 6.45) is -2.27. The van der Waals surface area contributed by atoms with Gasteiger partial charge in [0.15, 0.2) is 0 Å². The predicted octanol–water partition coefficient (Wildman–Crippen LogP) is 3.60. The Labute approximate surface area is 103 Å². The van der Waals surface area contributed by atoms with E-state index in [0.29, 0.717) is 10.6 Å². The first-order chi connectivity index (χ1) is 8.06. The number of hydrogen-bond donors (Lipinski definition) is 0. The van der Waals surface area contributed by atoms with Crippen LogP contribution in [0.4, 0.5) is 8.78 Å². The third kappa shape index (κ3) is 3.82. The normalized spacial score (nSPS) is 9.88. The van der Waals surface area contributed by atoms with Gasteiger partial charge in [-0.3, -0.25) is 0 Å². The Morgan fingerprint density at radius 1 is 1.35 bits per heavy atom. The molecule has 0 spiro atoms. The lowest BCUT2D eigenvalue weighted by atomic mass is 10.1. The summed E-state index contributed by atoms with van der Waals surface area (Å²) < 4.78 is 29.8. The van der Waals surface area contributed by atoms with Gasteiger partial charge in [-0.1, -0.05) is 29.8 Å². The highest BCUT2D eigenvalue weighted by atomic mass is 35.5. The van der Waals surface area contributed by atoms with Crippen LogP contribution in [-0.4, -0.2) is 12.6 Å². The number of rotatable bonds is 4. The fourth-order valence-corrected chi connectivity index (χ4v) is 1.47. The molecule has 0 radical (unpaired) electrons. The quantitative estimate of drug-likeness (QED) is 0.611. The molecule has 0 fully saturated rings. The molecular weight excluding hydrogens is 250 g/mol. The molecule has 0 saturated heterocycles. The fourth-order valence-electron chi connectivity index (χ4n) is 1.27. The molecule has 17 heavy (non-hydrogen) atoms. The Bertz CT molecular complexity index is 440. The highest BCUT2D eigenvalue weighted by Gasteiger charge is 2.18. The summed E-state index contributed by atoms with van der Waals surface area (Å²) in [5.74, 6) is -1.01. The van der Waals surface area contributed by atoms with Crippen molar-refractivity contribution in [3.63, 3.8) is 0 Å². The Balaban J connectivity index is 2.94. The van der Waals surface area contributed by atoms with Gasteiger partial charge in [-0.25, -0.2) is 4.79 Å². The molecule has 0 heterocycles. The van der Waals surface area contributed by atoms with Crippen LogP contribution >= 0.6 is 11.6 Å². The van der Waals surface area contributed by atoms with Gasteiger partial charge in [-0.15, -0.1) is 0 Å². The summed E-state index contributed by atoms with van der Waals surface area (Å²) in [6, 6.07) is 6.52. The molecule has 0 atom stereocenters. The largest absolute Gasteiger partial charge is 0.462 e. The van der Waals surface area contributed by atoms with Crippen LogP contribution in [0.25, 0.3) is 0 Å². The van der Waals surface area contributed by atoms with Crippen molar-refractivity contribution in [1.82, 2.24) is 0 Å². The summed E-state index contributed by atoms with van der Waals surface area (Å²) >= 11 is 5.84. The number of ether oxygens (including phenoxy) is 1. The molecule has 0 aromatic heterocycles. The van der Waals surface area contributed by atoms with Crippen LogP contribution in [0.5, 0.6) is 0 Å². The van der Waals surface area contributed by atoms with Gasteiger partial charge in [0, 0.05) is 11.4 Å². The molecule has 0 unspecified atom stereocenters. The molecule has 0 N–H and O–H groups in total. The van der Waals surface area contributed by atoms with Crippen LogP contribution in [0.15, 0.2) is 35.9 Å². The van der Waals surface area contributed by atoms with E-state index in [4.69, 9.17) is 11.6 Å². The molecule has 0 saturated carbocycles. The zero-order valence-electron chi connectivity index (χ0n) is 9.17. The number of benzene rings is 1. The minimum Gasteiger partial charge on any atom is -0.462 e. The van der Waals surface area contributed by atoms with E-state index in [1.165, 1.54) is 0 Å². The Morgan fingerprint density at radius 2 is 2.00 bits per heavy atom. The summed E-state index contributed by atoms with van der Waals surface area (Å²) in [5, 5.41) is 0.343.